The number of amides is 1. The number of hydrogen-bond donors (Lipinski definition) is 1. The number of nitrogens with zero attached hydrogens (tertiary/aromatic N) is 1. The summed E-state index contributed by atoms with van der Waals surface area (Å²) >= 11 is 0. The summed E-state index contributed by atoms with van der Waals surface area (Å²) in [5.74, 6) is 1.76. The van der Waals surface area contributed by atoms with Gasteiger partial charge in [0.2, 0.25) is 5.91 Å². The summed E-state index contributed by atoms with van der Waals surface area (Å²) in [5, 5.41) is 3.42. The molecule has 0 aliphatic carbocycles. The van der Waals surface area contributed by atoms with Crippen LogP contribution in [0.3, 0.4) is 0 Å². The molecule has 0 aromatic heterocycles. The van der Waals surface area contributed by atoms with E-state index in [1.54, 1.807) is 7.11 Å². The number of ether oxygens (including phenoxy) is 2. The summed E-state index contributed by atoms with van der Waals surface area (Å²) in [6.45, 7) is 9.68. The van der Waals surface area contributed by atoms with Crippen LogP contribution in [-0.4, -0.2) is 44.2 Å². The monoisotopic (exact) mass is 332 g/mol. The maximum Gasteiger partial charge on any atom is 0.222 e. The van der Waals surface area contributed by atoms with Gasteiger partial charge in [-0.2, -0.15) is 0 Å². The number of methoxy groups -OCH3 is 1. The second-order valence-corrected chi connectivity index (χ2v) is 6.25. The molecule has 1 heterocycles. The van der Waals surface area contributed by atoms with E-state index in [2.05, 4.69) is 11.9 Å². The molecule has 0 bridgehead atoms. The molecule has 2 rings (SSSR count). The van der Waals surface area contributed by atoms with Crippen molar-refractivity contribution in [2.75, 3.05) is 33.4 Å². The third-order valence-corrected chi connectivity index (χ3v) is 3.98. The average Bonchev–Trinajstić information content (AvgIpc) is 2.98. The van der Waals surface area contributed by atoms with Crippen LogP contribution in [0.5, 0.6) is 11.5 Å². The van der Waals surface area contributed by atoms with E-state index in [-0.39, 0.29) is 0 Å². The van der Waals surface area contributed by atoms with Crippen LogP contribution in [0.4, 0.5) is 0 Å². The highest BCUT2D eigenvalue weighted by Crippen LogP contribution is 2.28. The lowest BCUT2D eigenvalue weighted by molar-refractivity contribution is -0.127. The van der Waals surface area contributed by atoms with Crippen molar-refractivity contribution in [1.82, 2.24) is 10.2 Å². The molecule has 24 heavy (non-hydrogen) atoms. The molecule has 0 atom stereocenters. The van der Waals surface area contributed by atoms with Gasteiger partial charge in [-0.25, -0.2) is 0 Å². The van der Waals surface area contributed by atoms with E-state index in [9.17, 15) is 4.79 Å². The predicted octanol–water partition coefficient (Wildman–Crippen LogP) is 2.75. The maximum absolute atomic E-state index is 11.5. The molecule has 1 aliphatic heterocycles. The number of carbonyl (C=O) groups is 1. The Labute approximate surface area is 144 Å². The fraction of sp³-hybridized carbons (Fsp3) is 0.526. The molecule has 5 heteroatoms. The van der Waals surface area contributed by atoms with Crippen LogP contribution in [0, 0.1) is 0 Å². The number of hydrogen-bond acceptors (Lipinski definition) is 4. The normalized spacial score (nSPS) is 14.1. The summed E-state index contributed by atoms with van der Waals surface area (Å²) in [7, 11) is 1.64. The first-order valence-corrected chi connectivity index (χ1v) is 8.52. The highest BCUT2D eigenvalue weighted by molar-refractivity contribution is 5.77. The fourth-order valence-electron chi connectivity index (χ4n) is 2.71. The van der Waals surface area contributed by atoms with Gasteiger partial charge in [0.05, 0.1) is 7.11 Å². The minimum Gasteiger partial charge on any atom is -0.493 e. The van der Waals surface area contributed by atoms with Gasteiger partial charge in [-0.3, -0.25) is 4.79 Å². The van der Waals surface area contributed by atoms with Crippen LogP contribution in [-0.2, 0) is 11.3 Å². The van der Waals surface area contributed by atoms with E-state index in [1.165, 1.54) is 0 Å². The van der Waals surface area contributed by atoms with Crippen LogP contribution in [0.25, 0.3) is 0 Å². The second-order valence-electron chi connectivity index (χ2n) is 6.25. The quantitative estimate of drug-likeness (QED) is 0.529. The minimum absolute atomic E-state index is 0.296. The molecule has 0 unspecified atom stereocenters. The topological polar surface area (TPSA) is 50.8 Å². The largest absolute Gasteiger partial charge is 0.493 e. The SMILES string of the molecule is C=C(C)COc1cc(CNCCCN2CCCC2=O)ccc1OC. The van der Waals surface area contributed by atoms with E-state index >= 15 is 0 Å². The molecule has 0 spiro atoms. The average molecular weight is 332 g/mol. The van der Waals surface area contributed by atoms with Gasteiger partial charge in [0.25, 0.3) is 0 Å². The van der Waals surface area contributed by atoms with Gasteiger partial charge in [0.15, 0.2) is 11.5 Å². The van der Waals surface area contributed by atoms with Gasteiger partial charge >= 0.3 is 0 Å². The third-order valence-electron chi connectivity index (χ3n) is 3.98. The molecule has 1 amide bonds. The second kappa shape index (κ2) is 9.33. The Morgan fingerprint density at radius 1 is 1.38 bits per heavy atom. The van der Waals surface area contributed by atoms with Crippen LogP contribution in [0.2, 0.25) is 0 Å². The Morgan fingerprint density at radius 3 is 2.88 bits per heavy atom. The first-order chi connectivity index (χ1) is 11.6. The van der Waals surface area contributed by atoms with Crippen molar-refractivity contribution in [1.29, 1.82) is 0 Å². The third kappa shape index (κ3) is 5.57. The molecule has 1 aromatic carbocycles. The first kappa shape index (κ1) is 18.3. The number of benzene rings is 1. The van der Waals surface area contributed by atoms with Crippen molar-refractivity contribution in [3.05, 3.63) is 35.9 Å². The highest BCUT2D eigenvalue weighted by atomic mass is 16.5. The molecule has 0 radical (unpaired) electrons. The zero-order chi connectivity index (χ0) is 17.4. The van der Waals surface area contributed by atoms with Crippen molar-refractivity contribution in [2.24, 2.45) is 0 Å². The van der Waals surface area contributed by atoms with Crippen molar-refractivity contribution in [2.45, 2.75) is 32.7 Å². The summed E-state index contributed by atoms with van der Waals surface area (Å²) in [6, 6.07) is 5.95. The minimum atomic E-state index is 0.296. The zero-order valence-electron chi connectivity index (χ0n) is 14.8. The van der Waals surface area contributed by atoms with Gasteiger partial charge in [0, 0.05) is 26.1 Å². The standard InChI is InChI=1S/C19H28N2O3/c1-15(2)14-24-18-12-16(7-8-17(18)23-3)13-20-9-5-11-21-10-4-6-19(21)22/h7-8,12,20H,1,4-6,9-11,13-14H2,2-3H3. The van der Waals surface area contributed by atoms with Gasteiger partial charge in [0.1, 0.15) is 6.61 Å². The van der Waals surface area contributed by atoms with Crippen molar-refractivity contribution >= 4 is 5.91 Å². The first-order valence-electron chi connectivity index (χ1n) is 8.52. The van der Waals surface area contributed by atoms with Gasteiger partial charge in [-0.05, 0) is 49.6 Å². The maximum atomic E-state index is 11.5. The number of rotatable bonds is 10. The van der Waals surface area contributed by atoms with E-state index in [4.69, 9.17) is 9.47 Å². The Hall–Kier alpha value is -2.01. The molecule has 1 aromatic rings. The summed E-state index contributed by atoms with van der Waals surface area (Å²) in [4.78, 5) is 13.5. The van der Waals surface area contributed by atoms with Gasteiger partial charge < -0.3 is 19.7 Å². The Kier molecular flexibility index (Phi) is 7.12. The summed E-state index contributed by atoms with van der Waals surface area (Å²) in [5.41, 5.74) is 2.11. The Morgan fingerprint density at radius 2 is 2.21 bits per heavy atom. The highest BCUT2D eigenvalue weighted by Gasteiger charge is 2.18. The molecule has 1 fully saturated rings. The lowest BCUT2D eigenvalue weighted by Crippen LogP contribution is -2.28. The molecular formula is C19H28N2O3. The summed E-state index contributed by atoms with van der Waals surface area (Å²) < 4.78 is 11.1. The lowest BCUT2D eigenvalue weighted by Gasteiger charge is -2.15. The molecule has 1 saturated heterocycles. The van der Waals surface area contributed by atoms with Crippen LogP contribution in [0.15, 0.2) is 30.4 Å². The van der Waals surface area contributed by atoms with E-state index in [1.807, 2.05) is 30.0 Å². The van der Waals surface area contributed by atoms with Crippen LogP contribution in [0.1, 0.15) is 31.7 Å². The molecule has 132 valence electrons. The van der Waals surface area contributed by atoms with Crippen molar-refractivity contribution in [3.63, 3.8) is 0 Å². The molecular weight excluding hydrogens is 304 g/mol. The van der Waals surface area contributed by atoms with Crippen molar-refractivity contribution in [3.8, 4) is 11.5 Å². The fourth-order valence-corrected chi connectivity index (χ4v) is 2.71. The molecule has 1 N–H and O–H groups in total. The van der Waals surface area contributed by atoms with Gasteiger partial charge in [-0.1, -0.05) is 12.6 Å². The van der Waals surface area contributed by atoms with E-state index in [0.29, 0.717) is 18.9 Å². The predicted molar refractivity (Wildman–Crippen MR) is 95.4 cm³/mol. The van der Waals surface area contributed by atoms with Crippen LogP contribution >= 0.6 is 0 Å². The number of nitrogens with one attached hydrogen (secondary N) is 1. The zero-order valence-corrected chi connectivity index (χ0v) is 14.8. The van der Waals surface area contributed by atoms with Gasteiger partial charge in [-0.15, -0.1) is 0 Å². The number of carbonyl (C=O) groups excluding carboxylic acids is 1. The number of likely N-dealkylation sites (tertiary alicyclic amines) is 1. The Balaban J connectivity index is 1.76. The Bertz CT molecular complexity index is 572. The molecule has 1 aliphatic rings. The van der Waals surface area contributed by atoms with Crippen molar-refractivity contribution < 1.29 is 14.3 Å². The smallest absolute Gasteiger partial charge is 0.222 e. The van der Waals surface area contributed by atoms with Crippen LogP contribution < -0.4 is 14.8 Å². The molecule has 5 nitrogen and oxygen atoms in total. The molecule has 0 saturated carbocycles. The lowest BCUT2D eigenvalue weighted by atomic mass is 10.2. The van der Waals surface area contributed by atoms with E-state index < -0.39 is 0 Å². The van der Waals surface area contributed by atoms with E-state index in [0.717, 1.165) is 61.7 Å². The summed E-state index contributed by atoms with van der Waals surface area (Å²) in [6.07, 6.45) is 2.69.